The first-order valence-corrected chi connectivity index (χ1v) is 21.8. The number of hydrogen-bond acceptors (Lipinski definition) is 7. The molecule has 0 aromatic heterocycles. The zero-order valence-electron chi connectivity index (χ0n) is 31.8. The number of nitrogens with zero attached hydrogens (tertiary/aromatic N) is 1. The van der Waals surface area contributed by atoms with Crippen molar-refractivity contribution in [2.24, 2.45) is 0 Å². The van der Waals surface area contributed by atoms with Gasteiger partial charge in [0.05, 0.1) is 0 Å². The lowest BCUT2D eigenvalue weighted by Gasteiger charge is -2.18. The first-order chi connectivity index (χ1) is 23.4. The molecule has 0 spiro atoms. The van der Waals surface area contributed by atoms with Crippen LogP contribution in [0.2, 0.25) is 0 Å². The summed E-state index contributed by atoms with van der Waals surface area (Å²) in [5.41, 5.74) is 0. The van der Waals surface area contributed by atoms with Crippen molar-refractivity contribution in [3.63, 3.8) is 0 Å². The Bertz CT molecular complexity index is 762. The third-order valence-electron chi connectivity index (χ3n) is 8.56. The second-order valence-electron chi connectivity index (χ2n) is 13.6. The number of esters is 1. The van der Waals surface area contributed by atoms with E-state index >= 15 is 0 Å². The summed E-state index contributed by atoms with van der Waals surface area (Å²) in [4.78, 5) is 39.0. The molecule has 0 aromatic rings. The van der Waals surface area contributed by atoms with E-state index < -0.39 is 0 Å². The van der Waals surface area contributed by atoms with Gasteiger partial charge in [-0.3, -0.25) is 14.4 Å². The highest BCUT2D eigenvalue weighted by molar-refractivity contribution is 8.14. The fourth-order valence-corrected chi connectivity index (χ4v) is 6.98. The minimum absolute atomic E-state index is 0.00668. The van der Waals surface area contributed by atoms with E-state index in [4.69, 9.17) is 4.74 Å². The van der Waals surface area contributed by atoms with Crippen LogP contribution in [-0.4, -0.2) is 59.3 Å². The molecule has 0 rings (SSSR count). The molecule has 5 nitrogen and oxygen atoms in total. The molecule has 0 unspecified atom stereocenters. The molecule has 0 saturated carbocycles. The third kappa shape index (κ3) is 36.2. The van der Waals surface area contributed by atoms with E-state index in [0.717, 1.165) is 114 Å². The molecule has 0 N–H and O–H groups in total. The molecule has 0 aliphatic heterocycles. The van der Waals surface area contributed by atoms with E-state index in [1.807, 2.05) is 14.1 Å². The van der Waals surface area contributed by atoms with Crippen LogP contribution < -0.4 is 0 Å². The summed E-state index contributed by atoms with van der Waals surface area (Å²) in [6.45, 7) is 5.36. The van der Waals surface area contributed by atoms with Crippen LogP contribution in [0.15, 0.2) is 24.3 Å². The van der Waals surface area contributed by atoms with Crippen LogP contribution in [0.3, 0.4) is 0 Å². The molecule has 0 radical (unpaired) electrons. The summed E-state index contributed by atoms with van der Waals surface area (Å²) >= 11 is 2.91. The van der Waals surface area contributed by atoms with Crippen LogP contribution in [0.4, 0.5) is 0 Å². The van der Waals surface area contributed by atoms with Crippen molar-refractivity contribution in [1.29, 1.82) is 0 Å². The molecule has 7 heteroatoms. The van der Waals surface area contributed by atoms with E-state index in [1.165, 1.54) is 74.9 Å². The Hall–Kier alpha value is -1.05. The first-order valence-electron chi connectivity index (χ1n) is 19.8. The Morgan fingerprint density at radius 3 is 1.44 bits per heavy atom. The maximum Gasteiger partial charge on any atom is 0.306 e. The largest absolute Gasteiger partial charge is 0.462 e. The zero-order valence-corrected chi connectivity index (χ0v) is 33.4. The Morgan fingerprint density at radius 1 is 0.542 bits per heavy atom. The Balaban J connectivity index is 4.11. The van der Waals surface area contributed by atoms with Gasteiger partial charge < -0.3 is 9.64 Å². The van der Waals surface area contributed by atoms with Crippen LogP contribution >= 0.6 is 23.5 Å². The zero-order chi connectivity index (χ0) is 35.3. The van der Waals surface area contributed by atoms with Gasteiger partial charge in [-0.25, -0.2) is 0 Å². The van der Waals surface area contributed by atoms with E-state index in [2.05, 4.69) is 43.1 Å². The maximum atomic E-state index is 12.5. The molecule has 0 aliphatic rings. The van der Waals surface area contributed by atoms with E-state index in [-0.39, 0.29) is 12.1 Å². The van der Waals surface area contributed by atoms with Gasteiger partial charge in [0.25, 0.3) is 0 Å². The fraction of sp³-hybridized carbons (Fsp3) is 0.829. The van der Waals surface area contributed by atoms with Gasteiger partial charge in [0.15, 0.2) is 10.2 Å². The number of carbonyl (C=O) groups excluding carboxylic acids is 3. The number of unbranched alkanes of at least 4 members (excludes halogenated alkanes) is 16. The normalized spacial score (nSPS) is 11.9. The predicted molar refractivity (Wildman–Crippen MR) is 213 cm³/mol. The van der Waals surface area contributed by atoms with Gasteiger partial charge in [0.2, 0.25) is 0 Å². The topological polar surface area (TPSA) is 63.7 Å². The highest BCUT2D eigenvalue weighted by atomic mass is 32.2. The SMILES string of the molecule is CCCCCC/C=C\CSC(=O)CCCCCCCC(CCCCCCCC(=O)SC/C=C\CCCCCC)OC(=O)CCCN(C)C. The van der Waals surface area contributed by atoms with Crippen LogP contribution in [0.25, 0.3) is 0 Å². The second-order valence-corrected chi connectivity index (χ2v) is 15.8. The number of carbonyl (C=O) groups is 3. The molecule has 0 fully saturated rings. The lowest BCUT2D eigenvalue weighted by molar-refractivity contribution is -0.150. The Kier molecular flexibility index (Phi) is 36.4. The van der Waals surface area contributed by atoms with Crippen molar-refractivity contribution in [3.05, 3.63) is 24.3 Å². The maximum absolute atomic E-state index is 12.5. The van der Waals surface area contributed by atoms with Gasteiger partial charge in [-0.15, -0.1) is 0 Å². The molecule has 0 atom stereocenters. The third-order valence-corrected chi connectivity index (χ3v) is 10.3. The van der Waals surface area contributed by atoms with Crippen molar-refractivity contribution < 1.29 is 19.1 Å². The molecule has 48 heavy (non-hydrogen) atoms. The van der Waals surface area contributed by atoms with E-state index in [1.54, 1.807) is 0 Å². The average Bonchev–Trinajstić information content (AvgIpc) is 3.05. The lowest BCUT2D eigenvalue weighted by atomic mass is 10.0. The Morgan fingerprint density at radius 2 is 0.979 bits per heavy atom. The number of allylic oxidation sites excluding steroid dienone is 2. The van der Waals surface area contributed by atoms with Gasteiger partial charge >= 0.3 is 5.97 Å². The number of rotatable bonds is 35. The monoisotopic (exact) mass is 710 g/mol. The smallest absolute Gasteiger partial charge is 0.306 e. The number of hydrogen-bond donors (Lipinski definition) is 0. The second kappa shape index (κ2) is 37.2. The Labute approximate surface area is 306 Å². The van der Waals surface area contributed by atoms with Gasteiger partial charge in [0.1, 0.15) is 6.10 Å². The summed E-state index contributed by atoms with van der Waals surface area (Å²) in [5.74, 6) is 1.54. The summed E-state index contributed by atoms with van der Waals surface area (Å²) in [6, 6.07) is 0. The molecular formula is C41H75NO4S2. The molecule has 0 heterocycles. The van der Waals surface area contributed by atoms with E-state index in [0.29, 0.717) is 29.5 Å². The molecule has 0 amide bonds. The van der Waals surface area contributed by atoms with Gasteiger partial charge in [0, 0.05) is 30.8 Å². The summed E-state index contributed by atoms with van der Waals surface area (Å²) in [6.07, 6.45) is 36.6. The highest BCUT2D eigenvalue weighted by Crippen LogP contribution is 2.19. The highest BCUT2D eigenvalue weighted by Gasteiger charge is 2.14. The van der Waals surface area contributed by atoms with E-state index in [9.17, 15) is 14.4 Å². The summed E-state index contributed by atoms with van der Waals surface area (Å²) in [5, 5.41) is 0.627. The van der Waals surface area contributed by atoms with Gasteiger partial charge in [-0.05, 0) is 91.3 Å². The standard InChI is InChI=1S/C41H75NO4S2/c1-5-7-9-11-13-21-27-36-47-40(44)33-25-19-15-17-23-30-38(46-39(43)32-29-35-42(3)4)31-24-18-16-20-26-34-41(45)48-37-28-22-14-12-10-8-6-2/h21-22,27-28,38H,5-20,23-26,29-37H2,1-4H3/b27-21-,28-22-. The molecule has 0 saturated heterocycles. The minimum atomic E-state index is -0.0634. The van der Waals surface area contributed by atoms with Crippen molar-refractivity contribution in [2.45, 2.75) is 187 Å². The average molecular weight is 710 g/mol. The van der Waals surface area contributed by atoms with Crippen molar-refractivity contribution in [3.8, 4) is 0 Å². The number of ether oxygens (including phenoxy) is 1. The van der Waals surface area contributed by atoms with Crippen LogP contribution in [0.5, 0.6) is 0 Å². The molecule has 0 aliphatic carbocycles. The fourth-order valence-electron chi connectivity index (χ4n) is 5.57. The van der Waals surface area contributed by atoms with Gasteiger partial charge in [-0.1, -0.05) is 139 Å². The van der Waals surface area contributed by atoms with Crippen molar-refractivity contribution in [1.82, 2.24) is 4.90 Å². The van der Waals surface area contributed by atoms with Crippen molar-refractivity contribution >= 4 is 39.7 Å². The predicted octanol–water partition coefficient (Wildman–Crippen LogP) is 12.3. The molecular weight excluding hydrogens is 635 g/mol. The van der Waals surface area contributed by atoms with Gasteiger partial charge in [-0.2, -0.15) is 0 Å². The van der Waals surface area contributed by atoms with Crippen LogP contribution in [-0.2, 0) is 19.1 Å². The minimum Gasteiger partial charge on any atom is -0.462 e. The summed E-state index contributed by atoms with van der Waals surface area (Å²) in [7, 11) is 4.06. The molecule has 280 valence electrons. The van der Waals surface area contributed by atoms with Crippen LogP contribution in [0, 0.1) is 0 Å². The quantitative estimate of drug-likeness (QED) is 0.0369. The molecule has 0 bridgehead atoms. The number of thioether (sulfide) groups is 2. The van der Waals surface area contributed by atoms with Crippen LogP contribution in [0.1, 0.15) is 181 Å². The first kappa shape index (κ1) is 47.0. The lowest BCUT2D eigenvalue weighted by Crippen LogP contribution is -2.20. The van der Waals surface area contributed by atoms with Crippen molar-refractivity contribution in [2.75, 3.05) is 32.1 Å². The summed E-state index contributed by atoms with van der Waals surface area (Å²) < 4.78 is 5.95. The molecule has 0 aromatic carbocycles.